The first-order valence-electron chi connectivity index (χ1n) is 8.22. The Hall–Kier alpha value is -2.54. The maximum absolute atomic E-state index is 12.4. The lowest BCUT2D eigenvalue weighted by Crippen LogP contribution is -2.41. The molecule has 2 aromatic heterocycles. The Balaban J connectivity index is 1.54. The monoisotopic (exact) mass is 346 g/mol. The molecule has 1 aliphatic rings. The van der Waals surface area contributed by atoms with Crippen LogP contribution in [0.1, 0.15) is 30.6 Å². The number of nitrogens with zero attached hydrogens (tertiary/aromatic N) is 1. The lowest BCUT2D eigenvalue weighted by Gasteiger charge is -2.22. The highest BCUT2D eigenvalue weighted by Gasteiger charge is 2.36. The molecule has 2 N–H and O–H groups in total. The topological polar surface area (TPSA) is 95.9 Å². The number of aryl methyl sites for hydroxylation is 1. The fraction of sp³-hybridized carbons (Fsp3) is 0.444. The van der Waals surface area contributed by atoms with Crippen LogP contribution in [0, 0.1) is 12.8 Å². The van der Waals surface area contributed by atoms with E-state index in [1.807, 2.05) is 0 Å². The largest absolute Gasteiger partial charge is 0.467 e. The average Bonchev–Trinajstić information content (AvgIpc) is 3.28. The number of nitrogens with one attached hydrogen (secondary N) is 1. The van der Waals surface area contributed by atoms with Crippen molar-refractivity contribution in [2.45, 2.75) is 32.4 Å². The smallest absolute Gasteiger partial charge is 0.225 e. The van der Waals surface area contributed by atoms with Gasteiger partial charge in [-0.3, -0.25) is 9.59 Å². The van der Waals surface area contributed by atoms with Crippen molar-refractivity contribution >= 4 is 11.8 Å². The zero-order chi connectivity index (χ0) is 18.0. The Morgan fingerprint density at radius 2 is 2.24 bits per heavy atom. The van der Waals surface area contributed by atoms with E-state index in [0.717, 1.165) is 0 Å². The van der Waals surface area contributed by atoms with E-state index < -0.39 is 11.5 Å². The normalized spacial score (nSPS) is 19.9. The van der Waals surface area contributed by atoms with Gasteiger partial charge in [-0.25, -0.2) is 0 Å². The third-order valence-electron chi connectivity index (χ3n) is 4.39. The highest BCUT2D eigenvalue weighted by molar-refractivity contribution is 5.89. The zero-order valence-corrected chi connectivity index (χ0v) is 14.3. The second kappa shape index (κ2) is 6.76. The van der Waals surface area contributed by atoms with Gasteiger partial charge >= 0.3 is 0 Å². The third kappa shape index (κ3) is 3.93. The van der Waals surface area contributed by atoms with Crippen molar-refractivity contribution in [1.29, 1.82) is 0 Å². The first kappa shape index (κ1) is 17.3. The summed E-state index contributed by atoms with van der Waals surface area (Å²) in [6, 6.07) is 7.00. The van der Waals surface area contributed by atoms with Gasteiger partial charge in [0.2, 0.25) is 11.8 Å². The molecule has 0 bridgehead atoms. The molecule has 25 heavy (non-hydrogen) atoms. The Labute approximate surface area is 145 Å². The summed E-state index contributed by atoms with van der Waals surface area (Å²) in [6.07, 6.45) is 1.72. The summed E-state index contributed by atoms with van der Waals surface area (Å²) in [5, 5.41) is 13.2. The van der Waals surface area contributed by atoms with Gasteiger partial charge in [0, 0.05) is 13.0 Å². The summed E-state index contributed by atoms with van der Waals surface area (Å²) < 4.78 is 10.7. The molecular weight excluding hydrogens is 324 g/mol. The lowest BCUT2D eigenvalue weighted by atomic mass is 10.0. The molecule has 3 heterocycles. The van der Waals surface area contributed by atoms with E-state index in [0.29, 0.717) is 30.4 Å². The molecule has 134 valence electrons. The van der Waals surface area contributed by atoms with Crippen LogP contribution >= 0.6 is 0 Å². The molecule has 0 radical (unpaired) electrons. The van der Waals surface area contributed by atoms with Gasteiger partial charge in [0.15, 0.2) is 0 Å². The lowest BCUT2D eigenvalue weighted by molar-refractivity contribution is -0.129. The maximum Gasteiger partial charge on any atom is 0.225 e. The Morgan fingerprint density at radius 1 is 1.44 bits per heavy atom. The predicted octanol–water partition coefficient (Wildman–Crippen LogP) is 1.55. The van der Waals surface area contributed by atoms with E-state index in [1.54, 1.807) is 49.3 Å². The van der Waals surface area contributed by atoms with Crippen LogP contribution in [0.5, 0.6) is 0 Å². The van der Waals surface area contributed by atoms with Gasteiger partial charge in [0.05, 0.1) is 25.3 Å². The quantitative estimate of drug-likeness (QED) is 0.827. The van der Waals surface area contributed by atoms with Crippen molar-refractivity contribution in [2.75, 3.05) is 13.1 Å². The van der Waals surface area contributed by atoms with E-state index >= 15 is 0 Å². The number of aliphatic hydroxyl groups is 1. The minimum absolute atomic E-state index is 0.0155. The van der Waals surface area contributed by atoms with Crippen LogP contribution in [0.2, 0.25) is 0 Å². The van der Waals surface area contributed by atoms with E-state index in [1.165, 1.54) is 0 Å². The number of hydrogen-bond acceptors (Lipinski definition) is 5. The Bertz CT molecular complexity index is 747. The molecule has 3 rings (SSSR count). The van der Waals surface area contributed by atoms with E-state index in [-0.39, 0.29) is 24.8 Å². The average molecular weight is 346 g/mol. The summed E-state index contributed by atoms with van der Waals surface area (Å²) >= 11 is 0. The minimum Gasteiger partial charge on any atom is -0.467 e. The Kier molecular flexibility index (Phi) is 4.67. The summed E-state index contributed by atoms with van der Waals surface area (Å²) in [4.78, 5) is 26.1. The van der Waals surface area contributed by atoms with Crippen LogP contribution in [-0.4, -0.2) is 34.9 Å². The predicted molar refractivity (Wildman–Crippen MR) is 88.3 cm³/mol. The van der Waals surface area contributed by atoms with E-state index in [4.69, 9.17) is 8.83 Å². The molecule has 0 spiro atoms. The first-order chi connectivity index (χ1) is 11.8. The van der Waals surface area contributed by atoms with E-state index in [9.17, 15) is 14.7 Å². The van der Waals surface area contributed by atoms with Gasteiger partial charge < -0.3 is 24.2 Å². The number of hydrogen-bond donors (Lipinski definition) is 2. The molecule has 1 aliphatic heterocycles. The highest BCUT2D eigenvalue weighted by Crippen LogP contribution is 2.24. The van der Waals surface area contributed by atoms with Gasteiger partial charge in [0.25, 0.3) is 0 Å². The van der Waals surface area contributed by atoms with Crippen LogP contribution in [-0.2, 0) is 21.7 Å². The molecule has 2 unspecified atom stereocenters. The van der Waals surface area contributed by atoms with Crippen molar-refractivity contribution in [2.24, 2.45) is 5.92 Å². The van der Waals surface area contributed by atoms with Crippen molar-refractivity contribution in [3.63, 3.8) is 0 Å². The van der Waals surface area contributed by atoms with Crippen LogP contribution in [0.3, 0.4) is 0 Å². The molecule has 0 saturated carbocycles. The number of amides is 2. The summed E-state index contributed by atoms with van der Waals surface area (Å²) in [7, 11) is 0. The summed E-state index contributed by atoms with van der Waals surface area (Å²) in [5.74, 6) is 1.01. The molecule has 7 heteroatoms. The summed E-state index contributed by atoms with van der Waals surface area (Å²) in [5.41, 5.74) is -1.31. The molecule has 0 aliphatic carbocycles. The van der Waals surface area contributed by atoms with Gasteiger partial charge in [-0.1, -0.05) is 0 Å². The SMILES string of the molecule is Cc1ccc(C(C)(O)CNC(=O)C2CC(=O)N(Cc3ccco3)C2)o1. The molecule has 2 aromatic rings. The first-order valence-corrected chi connectivity index (χ1v) is 8.22. The van der Waals surface area contributed by atoms with Crippen LogP contribution in [0.25, 0.3) is 0 Å². The van der Waals surface area contributed by atoms with Crippen LogP contribution in [0.15, 0.2) is 39.4 Å². The van der Waals surface area contributed by atoms with Gasteiger partial charge in [-0.15, -0.1) is 0 Å². The second-order valence-electron chi connectivity index (χ2n) is 6.66. The third-order valence-corrected chi connectivity index (χ3v) is 4.39. The van der Waals surface area contributed by atoms with Gasteiger partial charge in [-0.2, -0.15) is 0 Å². The number of furan rings is 2. The molecule has 1 fully saturated rings. The van der Waals surface area contributed by atoms with Crippen molar-refractivity contribution in [1.82, 2.24) is 10.2 Å². The van der Waals surface area contributed by atoms with Gasteiger partial charge in [-0.05, 0) is 38.1 Å². The minimum atomic E-state index is -1.31. The fourth-order valence-electron chi connectivity index (χ4n) is 2.91. The molecule has 2 amide bonds. The number of likely N-dealkylation sites (tertiary alicyclic amines) is 1. The van der Waals surface area contributed by atoms with Crippen LogP contribution < -0.4 is 5.32 Å². The van der Waals surface area contributed by atoms with Gasteiger partial charge in [0.1, 0.15) is 22.9 Å². The van der Waals surface area contributed by atoms with Crippen molar-refractivity contribution < 1.29 is 23.5 Å². The zero-order valence-electron chi connectivity index (χ0n) is 14.3. The van der Waals surface area contributed by atoms with Crippen molar-refractivity contribution in [3.8, 4) is 0 Å². The second-order valence-corrected chi connectivity index (χ2v) is 6.66. The fourth-order valence-corrected chi connectivity index (χ4v) is 2.91. The molecule has 7 nitrogen and oxygen atoms in total. The van der Waals surface area contributed by atoms with Crippen LogP contribution in [0.4, 0.5) is 0 Å². The Morgan fingerprint density at radius 3 is 2.88 bits per heavy atom. The highest BCUT2D eigenvalue weighted by atomic mass is 16.4. The number of carbonyl (C=O) groups excluding carboxylic acids is 2. The number of carbonyl (C=O) groups is 2. The summed E-state index contributed by atoms with van der Waals surface area (Å²) in [6.45, 7) is 4.08. The van der Waals surface area contributed by atoms with Crippen molar-refractivity contribution in [3.05, 3.63) is 47.8 Å². The maximum atomic E-state index is 12.4. The molecular formula is C18H22N2O5. The standard InChI is InChI=1S/C18H22N2O5/c1-12-5-6-15(25-12)18(2,23)11-19-17(22)13-8-16(21)20(9-13)10-14-4-3-7-24-14/h3-7,13,23H,8-11H2,1-2H3,(H,19,22). The van der Waals surface area contributed by atoms with E-state index in [2.05, 4.69) is 5.32 Å². The molecule has 2 atom stereocenters. The number of rotatable bonds is 6. The molecule has 1 saturated heterocycles. The molecule has 0 aromatic carbocycles.